The van der Waals surface area contributed by atoms with Crippen LogP contribution in [0.2, 0.25) is 5.02 Å². The number of carbonyl (C=O) groups is 1. The lowest BCUT2D eigenvalue weighted by Gasteiger charge is -2.39. The standard InChI is InChI=1S/C26H29ClN4O/c1-19-6-5-7-21(16-19)29-12-14-30(15-13-29)25-22-17-20(27)8-9-24(22)28-18-23(25)26(32)31-10-3-2-4-11-31/h5-9,16-18H,2-4,10-15H2,1H3. The van der Waals surface area contributed by atoms with Crippen molar-refractivity contribution in [2.75, 3.05) is 49.1 Å². The quantitative estimate of drug-likeness (QED) is 0.555. The molecule has 1 aromatic heterocycles. The summed E-state index contributed by atoms with van der Waals surface area (Å²) in [6.07, 6.45) is 5.12. The molecule has 0 saturated carbocycles. The van der Waals surface area contributed by atoms with Crippen LogP contribution in [0.4, 0.5) is 11.4 Å². The van der Waals surface area contributed by atoms with Gasteiger partial charge in [-0.15, -0.1) is 0 Å². The van der Waals surface area contributed by atoms with E-state index in [1.165, 1.54) is 17.7 Å². The third-order valence-corrected chi connectivity index (χ3v) is 6.87. The molecule has 2 aromatic carbocycles. The van der Waals surface area contributed by atoms with E-state index in [1.54, 1.807) is 6.20 Å². The SMILES string of the molecule is Cc1cccc(N2CCN(c3c(C(=O)N4CCCCC4)cnc4ccc(Cl)cc34)CC2)c1. The number of piperazine rings is 1. The summed E-state index contributed by atoms with van der Waals surface area (Å²) in [4.78, 5) is 24.9. The smallest absolute Gasteiger partial charge is 0.257 e. The van der Waals surface area contributed by atoms with E-state index in [-0.39, 0.29) is 5.91 Å². The summed E-state index contributed by atoms with van der Waals surface area (Å²) in [5.74, 6) is 0.0928. The van der Waals surface area contributed by atoms with Crippen LogP contribution in [-0.2, 0) is 0 Å². The first-order chi connectivity index (χ1) is 15.6. The van der Waals surface area contributed by atoms with Crippen LogP contribution in [0, 0.1) is 6.92 Å². The Bertz CT molecular complexity index is 1130. The first kappa shape index (κ1) is 21.1. The Morgan fingerprint density at radius 1 is 0.906 bits per heavy atom. The number of halogens is 1. The molecule has 32 heavy (non-hydrogen) atoms. The van der Waals surface area contributed by atoms with Crippen molar-refractivity contribution in [3.05, 3.63) is 64.8 Å². The Morgan fingerprint density at radius 2 is 1.66 bits per heavy atom. The van der Waals surface area contributed by atoms with E-state index in [0.29, 0.717) is 10.6 Å². The van der Waals surface area contributed by atoms with Gasteiger partial charge in [0.15, 0.2) is 0 Å². The highest BCUT2D eigenvalue weighted by Crippen LogP contribution is 2.34. The van der Waals surface area contributed by atoms with Crippen LogP contribution in [-0.4, -0.2) is 55.1 Å². The number of piperidine rings is 1. The summed E-state index contributed by atoms with van der Waals surface area (Å²) in [5.41, 5.74) is 5.09. The van der Waals surface area contributed by atoms with Crippen LogP contribution < -0.4 is 9.80 Å². The fraction of sp³-hybridized carbons (Fsp3) is 0.385. The predicted octanol–water partition coefficient (Wildman–Crippen LogP) is 5.15. The Hall–Kier alpha value is -2.79. The molecule has 5 rings (SSSR count). The predicted molar refractivity (Wildman–Crippen MR) is 132 cm³/mol. The third kappa shape index (κ3) is 4.14. The van der Waals surface area contributed by atoms with Crippen molar-refractivity contribution in [2.45, 2.75) is 26.2 Å². The first-order valence-corrected chi connectivity index (χ1v) is 11.9. The van der Waals surface area contributed by atoms with Crippen LogP contribution in [0.15, 0.2) is 48.7 Å². The Labute approximate surface area is 194 Å². The van der Waals surface area contributed by atoms with Gasteiger partial charge in [-0.25, -0.2) is 0 Å². The maximum absolute atomic E-state index is 13.5. The number of hydrogen-bond donors (Lipinski definition) is 0. The second-order valence-corrected chi connectivity index (χ2v) is 9.28. The number of anilines is 2. The zero-order chi connectivity index (χ0) is 22.1. The molecule has 2 saturated heterocycles. The number of benzene rings is 2. The van der Waals surface area contributed by atoms with Crippen LogP contribution in [0.5, 0.6) is 0 Å². The van der Waals surface area contributed by atoms with E-state index in [2.05, 4.69) is 46.0 Å². The van der Waals surface area contributed by atoms with Gasteiger partial charge in [0.1, 0.15) is 0 Å². The molecule has 3 aromatic rings. The zero-order valence-corrected chi connectivity index (χ0v) is 19.3. The van der Waals surface area contributed by atoms with Crippen molar-refractivity contribution < 1.29 is 4.79 Å². The van der Waals surface area contributed by atoms with Gasteiger partial charge in [-0.3, -0.25) is 9.78 Å². The molecule has 0 N–H and O–H groups in total. The van der Waals surface area contributed by atoms with Crippen molar-refractivity contribution in [2.24, 2.45) is 0 Å². The van der Waals surface area contributed by atoms with Crippen LogP contribution in [0.1, 0.15) is 35.2 Å². The minimum absolute atomic E-state index is 0.0928. The number of rotatable bonds is 3. The van der Waals surface area contributed by atoms with E-state index in [0.717, 1.165) is 68.7 Å². The van der Waals surface area contributed by atoms with Crippen molar-refractivity contribution in [3.8, 4) is 0 Å². The fourth-order valence-corrected chi connectivity index (χ4v) is 5.10. The highest BCUT2D eigenvalue weighted by Gasteiger charge is 2.27. The van der Waals surface area contributed by atoms with Crippen molar-refractivity contribution in [1.29, 1.82) is 0 Å². The summed E-state index contributed by atoms with van der Waals surface area (Å²) in [5, 5.41) is 1.63. The molecule has 166 valence electrons. The Morgan fingerprint density at radius 3 is 2.41 bits per heavy atom. The molecule has 0 atom stereocenters. The van der Waals surface area contributed by atoms with E-state index in [9.17, 15) is 4.79 Å². The molecule has 0 radical (unpaired) electrons. The normalized spacial score (nSPS) is 17.1. The van der Waals surface area contributed by atoms with Crippen LogP contribution >= 0.6 is 11.6 Å². The number of carbonyl (C=O) groups excluding carboxylic acids is 1. The average molecular weight is 449 g/mol. The van der Waals surface area contributed by atoms with E-state index in [4.69, 9.17) is 11.6 Å². The second kappa shape index (κ2) is 8.99. The molecule has 3 heterocycles. The molecule has 2 fully saturated rings. The van der Waals surface area contributed by atoms with Crippen LogP contribution in [0.25, 0.3) is 10.9 Å². The summed E-state index contributed by atoms with van der Waals surface area (Å²) in [7, 11) is 0. The first-order valence-electron chi connectivity index (χ1n) is 11.5. The molecule has 0 spiro atoms. The largest absolute Gasteiger partial charge is 0.368 e. The fourth-order valence-electron chi connectivity index (χ4n) is 4.93. The minimum Gasteiger partial charge on any atom is -0.368 e. The molecule has 0 aliphatic carbocycles. The van der Waals surface area contributed by atoms with Gasteiger partial charge in [-0.2, -0.15) is 0 Å². The number of likely N-dealkylation sites (tertiary alicyclic amines) is 1. The number of aromatic nitrogens is 1. The highest BCUT2D eigenvalue weighted by molar-refractivity contribution is 6.31. The number of pyridine rings is 1. The number of nitrogens with zero attached hydrogens (tertiary/aromatic N) is 4. The summed E-state index contributed by atoms with van der Waals surface area (Å²) >= 11 is 6.38. The topological polar surface area (TPSA) is 39.7 Å². The van der Waals surface area contributed by atoms with Gasteiger partial charge >= 0.3 is 0 Å². The summed E-state index contributed by atoms with van der Waals surface area (Å²) in [6.45, 7) is 7.29. The maximum Gasteiger partial charge on any atom is 0.257 e. The van der Waals surface area contributed by atoms with E-state index < -0.39 is 0 Å². The minimum atomic E-state index is 0.0928. The summed E-state index contributed by atoms with van der Waals surface area (Å²) < 4.78 is 0. The molecular formula is C26H29ClN4O. The van der Waals surface area contributed by atoms with Crippen molar-refractivity contribution >= 4 is 39.8 Å². The van der Waals surface area contributed by atoms with Gasteiger partial charge < -0.3 is 14.7 Å². The third-order valence-electron chi connectivity index (χ3n) is 6.64. The highest BCUT2D eigenvalue weighted by atomic mass is 35.5. The second-order valence-electron chi connectivity index (χ2n) is 8.85. The lowest BCUT2D eigenvalue weighted by atomic mass is 10.0. The van der Waals surface area contributed by atoms with Gasteiger partial charge in [0.2, 0.25) is 0 Å². The van der Waals surface area contributed by atoms with Gasteiger partial charge in [-0.05, 0) is 62.1 Å². The average Bonchev–Trinajstić information content (AvgIpc) is 2.83. The molecule has 6 heteroatoms. The summed E-state index contributed by atoms with van der Waals surface area (Å²) in [6, 6.07) is 14.4. The van der Waals surface area contributed by atoms with Gasteiger partial charge in [0.05, 0.1) is 16.8 Å². The van der Waals surface area contributed by atoms with E-state index in [1.807, 2.05) is 23.1 Å². The maximum atomic E-state index is 13.5. The van der Waals surface area contributed by atoms with Gasteiger partial charge in [0, 0.05) is 61.6 Å². The number of hydrogen-bond acceptors (Lipinski definition) is 4. The van der Waals surface area contributed by atoms with Crippen molar-refractivity contribution in [1.82, 2.24) is 9.88 Å². The van der Waals surface area contributed by atoms with Gasteiger partial charge in [0.25, 0.3) is 5.91 Å². The lowest BCUT2D eigenvalue weighted by molar-refractivity contribution is 0.0724. The molecule has 2 aliphatic heterocycles. The molecule has 0 unspecified atom stereocenters. The molecule has 1 amide bonds. The number of fused-ring (bicyclic) bond motifs is 1. The monoisotopic (exact) mass is 448 g/mol. The Kier molecular flexibility index (Phi) is 5.92. The lowest BCUT2D eigenvalue weighted by Crippen LogP contribution is -2.47. The molecule has 2 aliphatic rings. The molecule has 0 bridgehead atoms. The molecule has 5 nitrogen and oxygen atoms in total. The van der Waals surface area contributed by atoms with Crippen LogP contribution in [0.3, 0.4) is 0 Å². The number of amides is 1. The van der Waals surface area contributed by atoms with Gasteiger partial charge in [-0.1, -0.05) is 23.7 Å². The van der Waals surface area contributed by atoms with Crippen molar-refractivity contribution in [3.63, 3.8) is 0 Å². The zero-order valence-electron chi connectivity index (χ0n) is 18.6. The van der Waals surface area contributed by atoms with E-state index >= 15 is 0 Å². The number of aryl methyl sites for hydroxylation is 1. The molecular weight excluding hydrogens is 420 g/mol. The Balaban J connectivity index is 1.49.